The monoisotopic (exact) mass is 449 g/mol. The van der Waals surface area contributed by atoms with Crippen LogP contribution in [0.3, 0.4) is 0 Å². The zero-order valence-electron chi connectivity index (χ0n) is 16.6. The van der Waals surface area contributed by atoms with E-state index in [0.717, 1.165) is 21.2 Å². The van der Waals surface area contributed by atoms with Crippen LogP contribution >= 0.6 is 11.6 Å². The Morgan fingerprint density at radius 1 is 0.677 bits per heavy atom. The van der Waals surface area contributed by atoms with E-state index in [-0.39, 0.29) is 22.2 Å². The lowest BCUT2D eigenvalue weighted by atomic mass is 10.1. The van der Waals surface area contributed by atoms with Gasteiger partial charge >= 0.3 is 0 Å². The van der Waals surface area contributed by atoms with Gasteiger partial charge in [0.15, 0.2) is 0 Å². The zero-order chi connectivity index (χ0) is 21.7. The van der Waals surface area contributed by atoms with Gasteiger partial charge in [0.2, 0.25) is 0 Å². The Labute approximate surface area is 187 Å². The first-order chi connectivity index (χ1) is 15.1. The SMILES string of the molecule is O=S(=O)(c1ccc(-c2ccccc2)cc1)N(OCc1ccccc1)c1ccccc1Cl. The van der Waals surface area contributed by atoms with Gasteiger partial charge in [-0.2, -0.15) is 8.42 Å². The number of benzene rings is 4. The van der Waals surface area contributed by atoms with Crippen molar-refractivity contribution < 1.29 is 13.3 Å². The number of hydrogen-bond acceptors (Lipinski definition) is 3. The Hall–Kier alpha value is -3.12. The minimum absolute atomic E-state index is 0.0768. The van der Waals surface area contributed by atoms with Gasteiger partial charge in [0.25, 0.3) is 10.0 Å². The van der Waals surface area contributed by atoms with Crippen molar-refractivity contribution in [2.75, 3.05) is 4.47 Å². The number of hydrogen-bond donors (Lipinski definition) is 0. The van der Waals surface area contributed by atoms with Crippen molar-refractivity contribution >= 4 is 27.3 Å². The molecule has 0 aliphatic rings. The quantitative estimate of drug-likeness (QED) is 0.309. The highest BCUT2D eigenvalue weighted by atomic mass is 35.5. The average Bonchev–Trinajstić information content (AvgIpc) is 2.81. The molecule has 0 N–H and O–H groups in total. The molecule has 0 bridgehead atoms. The van der Waals surface area contributed by atoms with E-state index in [2.05, 4.69) is 0 Å². The molecule has 4 aromatic carbocycles. The molecule has 4 nitrogen and oxygen atoms in total. The summed E-state index contributed by atoms with van der Waals surface area (Å²) in [5, 5.41) is 0.278. The van der Waals surface area contributed by atoms with E-state index in [9.17, 15) is 8.42 Å². The predicted molar refractivity (Wildman–Crippen MR) is 124 cm³/mol. The maximum absolute atomic E-state index is 13.5. The molecule has 156 valence electrons. The van der Waals surface area contributed by atoms with Crippen LogP contribution in [-0.4, -0.2) is 8.42 Å². The lowest BCUT2D eigenvalue weighted by molar-refractivity contribution is 0.135. The van der Waals surface area contributed by atoms with Gasteiger partial charge < -0.3 is 0 Å². The van der Waals surface area contributed by atoms with Crippen LogP contribution < -0.4 is 4.47 Å². The number of halogens is 1. The molecule has 6 heteroatoms. The standard InChI is InChI=1S/C25H20ClNO3S/c26-24-13-7-8-14-25(24)27(30-19-20-9-3-1-4-10-20)31(28,29)23-17-15-22(16-18-23)21-11-5-2-6-12-21/h1-18H,19H2. The number of nitrogens with zero attached hydrogens (tertiary/aromatic N) is 1. The molecule has 0 amide bonds. The van der Waals surface area contributed by atoms with Gasteiger partial charge in [-0.05, 0) is 41.0 Å². The molecule has 0 spiro atoms. The molecular weight excluding hydrogens is 430 g/mol. The van der Waals surface area contributed by atoms with Crippen LogP contribution in [-0.2, 0) is 21.5 Å². The molecule has 0 atom stereocenters. The third-order valence-electron chi connectivity index (χ3n) is 4.72. The van der Waals surface area contributed by atoms with Gasteiger partial charge in [0.1, 0.15) is 12.3 Å². The zero-order valence-corrected chi connectivity index (χ0v) is 18.1. The molecule has 0 fully saturated rings. The van der Waals surface area contributed by atoms with Gasteiger partial charge in [0.05, 0.1) is 9.92 Å². The summed E-state index contributed by atoms with van der Waals surface area (Å²) < 4.78 is 27.9. The van der Waals surface area contributed by atoms with Crippen molar-refractivity contribution in [2.45, 2.75) is 11.5 Å². The highest BCUT2D eigenvalue weighted by Gasteiger charge is 2.28. The summed E-state index contributed by atoms with van der Waals surface area (Å²) in [5.74, 6) is 0. The minimum Gasteiger partial charge on any atom is -0.254 e. The van der Waals surface area contributed by atoms with Gasteiger partial charge in [-0.3, -0.25) is 4.84 Å². The summed E-state index contributed by atoms with van der Waals surface area (Å²) in [4.78, 5) is 5.90. The summed E-state index contributed by atoms with van der Waals surface area (Å²) in [7, 11) is -4.02. The van der Waals surface area contributed by atoms with E-state index in [1.165, 1.54) is 0 Å². The fraction of sp³-hybridized carbons (Fsp3) is 0.0400. The van der Waals surface area contributed by atoms with Crippen molar-refractivity contribution in [1.29, 1.82) is 0 Å². The Morgan fingerprint density at radius 2 is 1.23 bits per heavy atom. The molecule has 31 heavy (non-hydrogen) atoms. The van der Waals surface area contributed by atoms with Gasteiger partial charge in [-0.1, -0.05) is 96.5 Å². The number of anilines is 1. The predicted octanol–water partition coefficient (Wildman–Crippen LogP) is 6.33. The Balaban J connectivity index is 1.68. The van der Waals surface area contributed by atoms with Crippen molar-refractivity contribution in [3.63, 3.8) is 0 Å². The van der Waals surface area contributed by atoms with Gasteiger partial charge in [0, 0.05) is 0 Å². The highest BCUT2D eigenvalue weighted by Crippen LogP contribution is 2.32. The molecule has 0 radical (unpaired) electrons. The van der Waals surface area contributed by atoms with Crippen LogP contribution in [0.5, 0.6) is 0 Å². The molecule has 4 aromatic rings. The average molecular weight is 450 g/mol. The van der Waals surface area contributed by atoms with Crippen molar-refractivity contribution in [1.82, 2.24) is 0 Å². The van der Waals surface area contributed by atoms with E-state index < -0.39 is 10.0 Å². The Morgan fingerprint density at radius 3 is 1.87 bits per heavy atom. The molecule has 0 aromatic heterocycles. The lowest BCUT2D eigenvalue weighted by Crippen LogP contribution is -2.31. The van der Waals surface area contributed by atoms with Crippen LogP contribution in [0.25, 0.3) is 11.1 Å². The van der Waals surface area contributed by atoms with E-state index in [0.29, 0.717) is 0 Å². The number of para-hydroxylation sites is 1. The third-order valence-corrected chi connectivity index (χ3v) is 6.64. The molecule has 0 aliphatic heterocycles. The first-order valence-corrected chi connectivity index (χ1v) is 11.5. The second-order valence-electron chi connectivity index (χ2n) is 6.83. The van der Waals surface area contributed by atoms with Crippen molar-refractivity contribution in [2.24, 2.45) is 0 Å². The first kappa shape index (κ1) is 21.1. The summed E-state index contributed by atoms with van der Waals surface area (Å²) >= 11 is 6.31. The van der Waals surface area contributed by atoms with E-state index >= 15 is 0 Å². The summed E-state index contributed by atoms with van der Waals surface area (Å²) in [5.41, 5.74) is 3.03. The van der Waals surface area contributed by atoms with E-state index in [4.69, 9.17) is 16.4 Å². The first-order valence-electron chi connectivity index (χ1n) is 9.68. The van der Waals surface area contributed by atoms with E-state index in [1.807, 2.05) is 60.7 Å². The second kappa shape index (κ2) is 9.35. The smallest absolute Gasteiger partial charge is 0.254 e. The molecule has 0 unspecified atom stereocenters. The summed E-state index contributed by atoms with van der Waals surface area (Å²) in [6, 6.07) is 32.5. The van der Waals surface area contributed by atoms with Crippen LogP contribution in [0, 0.1) is 0 Å². The topological polar surface area (TPSA) is 46.6 Å². The Kier molecular flexibility index (Phi) is 6.37. The van der Waals surface area contributed by atoms with Crippen LogP contribution in [0.15, 0.2) is 114 Å². The van der Waals surface area contributed by atoms with Crippen molar-refractivity contribution in [3.8, 4) is 11.1 Å². The molecule has 4 rings (SSSR count). The number of sulfonamides is 1. The van der Waals surface area contributed by atoms with E-state index in [1.54, 1.807) is 48.5 Å². The summed E-state index contributed by atoms with van der Waals surface area (Å²) in [6.45, 7) is 0.0768. The maximum Gasteiger partial charge on any atom is 0.286 e. The highest BCUT2D eigenvalue weighted by molar-refractivity contribution is 7.92. The third kappa shape index (κ3) is 4.80. The molecule has 0 aliphatic carbocycles. The van der Waals surface area contributed by atoms with Crippen LogP contribution in [0.1, 0.15) is 5.56 Å². The number of rotatable bonds is 7. The Bertz CT molecular complexity index is 1240. The normalized spacial score (nSPS) is 11.3. The fourth-order valence-corrected chi connectivity index (χ4v) is 4.67. The minimum atomic E-state index is -4.02. The molecule has 0 saturated carbocycles. The second-order valence-corrected chi connectivity index (χ2v) is 8.99. The van der Waals surface area contributed by atoms with Crippen LogP contribution in [0.4, 0.5) is 5.69 Å². The fourth-order valence-electron chi connectivity index (χ4n) is 3.12. The maximum atomic E-state index is 13.5. The molecule has 0 heterocycles. The molecule has 0 saturated heterocycles. The van der Waals surface area contributed by atoms with Gasteiger partial charge in [-0.25, -0.2) is 0 Å². The van der Waals surface area contributed by atoms with Crippen LogP contribution in [0.2, 0.25) is 5.02 Å². The molecular formula is C25H20ClNO3S. The summed E-state index contributed by atoms with van der Waals surface area (Å²) in [6.07, 6.45) is 0. The largest absolute Gasteiger partial charge is 0.286 e. The van der Waals surface area contributed by atoms with Crippen molar-refractivity contribution in [3.05, 3.63) is 120 Å². The lowest BCUT2D eigenvalue weighted by Gasteiger charge is -2.24. The van der Waals surface area contributed by atoms with Gasteiger partial charge in [-0.15, -0.1) is 4.47 Å².